The Labute approximate surface area is 150 Å². The molecule has 0 spiro atoms. The molecule has 1 aromatic rings. The molecule has 0 N–H and O–H groups in total. The van der Waals surface area contributed by atoms with Crippen LogP contribution in [0.4, 0.5) is 10.5 Å². The molecule has 1 aliphatic heterocycles. The molecule has 1 heterocycles. The number of carbonyl (C=O) groups is 3. The largest absolute Gasteiger partial charge is 0.451 e. The first-order valence-corrected chi connectivity index (χ1v) is 8.03. The first kappa shape index (κ1) is 19.1. The highest BCUT2D eigenvalue weighted by atomic mass is 35.5. The molecule has 0 aliphatic carbocycles. The van der Waals surface area contributed by atoms with Crippen molar-refractivity contribution < 1.29 is 28.6 Å². The molecular formula is C17H20ClNO6. The van der Waals surface area contributed by atoms with Crippen molar-refractivity contribution in [1.29, 1.82) is 0 Å². The summed E-state index contributed by atoms with van der Waals surface area (Å²) in [4.78, 5) is 36.9. The van der Waals surface area contributed by atoms with E-state index in [4.69, 9.17) is 25.8 Å². The van der Waals surface area contributed by atoms with Gasteiger partial charge >= 0.3 is 18.0 Å². The first-order chi connectivity index (χ1) is 11.5. The van der Waals surface area contributed by atoms with E-state index in [9.17, 15) is 14.4 Å². The summed E-state index contributed by atoms with van der Waals surface area (Å²) in [6.07, 6.45) is -2.90. The lowest BCUT2D eigenvalue weighted by molar-refractivity contribution is -0.164. The molecule has 136 valence electrons. The van der Waals surface area contributed by atoms with Gasteiger partial charge < -0.3 is 14.2 Å². The third-order valence-corrected chi connectivity index (χ3v) is 3.47. The molecule has 0 aromatic heterocycles. The summed E-state index contributed by atoms with van der Waals surface area (Å²) < 4.78 is 15.9. The molecule has 1 aromatic carbocycles. The zero-order valence-corrected chi connectivity index (χ0v) is 15.4. The monoisotopic (exact) mass is 369 g/mol. The number of amides is 1. The van der Waals surface area contributed by atoms with Crippen molar-refractivity contribution in [3.8, 4) is 0 Å². The van der Waals surface area contributed by atoms with Gasteiger partial charge in [0.25, 0.3) is 0 Å². The maximum Gasteiger partial charge on any atom is 0.417 e. The quantitative estimate of drug-likeness (QED) is 0.585. The second kappa shape index (κ2) is 6.92. The number of ether oxygens (including phenoxy) is 3. The summed E-state index contributed by atoms with van der Waals surface area (Å²) in [6.45, 7) is 7.58. The zero-order chi connectivity index (χ0) is 18.9. The smallest absolute Gasteiger partial charge is 0.417 e. The molecule has 0 unspecified atom stereocenters. The molecule has 0 fully saturated rings. The molecule has 2 atom stereocenters. The SMILES string of the molecule is CC(=O)O[C@@H]1c2cc(Cl)ccc2N(C(=O)OC(C)(C)C)[C@H]1OC(C)=O. The van der Waals surface area contributed by atoms with Crippen molar-refractivity contribution in [2.24, 2.45) is 0 Å². The predicted octanol–water partition coefficient (Wildman–Crippen LogP) is 3.59. The van der Waals surface area contributed by atoms with Gasteiger partial charge in [-0.25, -0.2) is 9.69 Å². The van der Waals surface area contributed by atoms with E-state index < -0.39 is 36.0 Å². The van der Waals surface area contributed by atoms with Crippen LogP contribution in [0.25, 0.3) is 0 Å². The highest BCUT2D eigenvalue weighted by Gasteiger charge is 2.47. The second-order valence-electron chi connectivity index (χ2n) is 6.58. The van der Waals surface area contributed by atoms with Crippen LogP contribution in [0.1, 0.15) is 46.3 Å². The third kappa shape index (κ3) is 4.42. The van der Waals surface area contributed by atoms with Crippen LogP contribution < -0.4 is 4.90 Å². The molecular weight excluding hydrogens is 350 g/mol. The Kier molecular flexibility index (Phi) is 5.27. The topological polar surface area (TPSA) is 82.1 Å². The molecule has 1 aliphatic rings. The minimum Gasteiger partial charge on any atom is -0.451 e. The van der Waals surface area contributed by atoms with Crippen molar-refractivity contribution in [3.63, 3.8) is 0 Å². The summed E-state index contributed by atoms with van der Waals surface area (Å²) in [5.74, 6) is -1.21. The van der Waals surface area contributed by atoms with E-state index in [1.54, 1.807) is 39.0 Å². The first-order valence-electron chi connectivity index (χ1n) is 7.65. The van der Waals surface area contributed by atoms with Crippen LogP contribution in [-0.2, 0) is 23.8 Å². The molecule has 2 rings (SSSR count). The summed E-state index contributed by atoms with van der Waals surface area (Å²) in [5, 5.41) is 0.392. The number of halogens is 1. The van der Waals surface area contributed by atoms with Crippen molar-refractivity contribution in [2.45, 2.75) is 52.6 Å². The zero-order valence-electron chi connectivity index (χ0n) is 14.7. The van der Waals surface area contributed by atoms with Gasteiger partial charge in [-0.1, -0.05) is 11.6 Å². The number of fused-ring (bicyclic) bond motifs is 1. The summed E-state index contributed by atoms with van der Waals surface area (Å²) >= 11 is 6.03. The van der Waals surface area contributed by atoms with E-state index in [1.165, 1.54) is 13.8 Å². The van der Waals surface area contributed by atoms with Crippen molar-refractivity contribution in [3.05, 3.63) is 28.8 Å². The van der Waals surface area contributed by atoms with Crippen molar-refractivity contribution >= 4 is 35.3 Å². The van der Waals surface area contributed by atoms with Gasteiger partial charge in [-0.05, 0) is 39.0 Å². The number of benzene rings is 1. The van der Waals surface area contributed by atoms with Crippen LogP contribution in [0.3, 0.4) is 0 Å². The van der Waals surface area contributed by atoms with E-state index in [0.29, 0.717) is 16.3 Å². The van der Waals surface area contributed by atoms with Gasteiger partial charge in [0.1, 0.15) is 5.60 Å². The van der Waals surface area contributed by atoms with Crippen molar-refractivity contribution in [1.82, 2.24) is 0 Å². The highest BCUT2D eigenvalue weighted by molar-refractivity contribution is 6.30. The molecule has 7 nitrogen and oxygen atoms in total. The fourth-order valence-electron chi connectivity index (χ4n) is 2.50. The highest BCUT2D eigenvalue weighted by Crippen LogP contribution is 2.44. The standard InChI is InChI=1S/C17H20ClNO6/c1-9(20)23-14-12-8-11(18)6-7-13(12)19(15(14)24-10(2)21)16(22)25-17(3,4)5/h6-8,14-15H,1-5H3/t14-,15+/m1/s1. The van der Waals surface area contributed by atoms with Gasteiger partial charge in [-0.3, -0.25) is 9.59 Å². The van der Waals surface area contributed by atoms with Crippen LogP contribution >= 0.6 is 11.6 Å². The Bertz CT molecular complexity index is 712. The Hall–Kier alpha value is -2.28. The summed E-state index contributed by atoms with van der Waals surface area (Å²) in [7, 11) is 0. The fourth-order valence-corrected chi connectivity index (χ4v) is 2.68. The van der Waals surface area contributed by atoms with E-state index in [-0.39, 0.29) is 0 Å². The lowest BCUT2D eigenvalue weighted by Gasteiger charge is -2.29. The average Bonchev–Trinajstić information content (AvgIpc) is 2.69. The molecule has 8 heteroatoms. The Morgan fingerprint density at radius 2 is 1.68 bits per heavy atom. The maximum atomic E-state index is 12.7. The molecule has 0 radical (unpaired) electrons. The number of anilines is 1. The normalized spacial score (nSPS) is 19.2. The van der Waals surface area contributed by atoms with Crippen LogP contribution in [0.2, 0.25) is 5.02 Å². The van der Waals surface area contributed by atoms with Gasteiger partial charge in [0.2, 0.25) is 6.23 Å². The molecule has 0 bridgehead atoms. The van der Waals surface area contributed by atoms with Gasteiger partial charge in [0.15, 0.2) is 6.10 Å². The Morgan fingerprint density at radius 1 is 1.08 bits per heavy atom. The minimum absolute atomic E-state index is 0.392. The van der Waals surface area contributed by atoms with E-state index >= 15 is 0 Å². The van der Waals surface area contributed by atoms with E-state index in [0.717, 1.165) is 4.90 Å². The van der Waals surface area contributed by atoms with Crippen LogP contribution in [0, 0.1) is 0 Å². The molecule has 0 saturated carbocycles. The van der Waals surface area contributed by atoms with Crippen LogP contribution in [0.15, 0.2) is 18.2 Å². The number of rotatable bonds is 2. The Balaban J connectivity index is 2.52. The molecule has 1 amide bonds. The predicted molar refractivity (Wildman–Crippen MR) is 90.2 cm³/mol. The maximum absolute atomic E-state index is 12.7. The lowest BCUT2D eigenvalue weighted by Crippen LogP contribution is -2.45. The van der Waals surface area contributed by atoms with E-state index in [2.05, 4.69) is 0 Å². The van der Waals surface area contributed by atoms with Crippen LogP contribution in [-0.4, -0.2) is 29.9 Å². The second-order valence-corrected chi connectivity index (χ2v) is 7.02. The third-order valence-electron chi connectivity index (χ3n) is 3.24. The van der Waals surface area contributed by atoms with Gasteiger partial charge in [-0.15, -0.1) is 0 Å². The van der Waals surface area contributed by atoms with E-state index in [1.807, 2.05) is 0 Å². The number of nitrogens with zero attached hydrogens (tertiary/aromatic N) is 1. The number of esters is 2. The average molecular weight is 370 g/mol. The summed E-state index contributed by atoms with van der Waals surface area (Å²) in [6, 6.07) is 4.73. The lowest BCUT2D eigenvalue weighted by atomic mass is 10.1. The number of hydrogen-bond acceptors (Lipinski definition) is 6. The van der Waals surface area contributed by atoms with Crippen molar-refractivity contribution in [2.75, 3.05) is 4.90 Å². The number of carbonyl (C=O) groups excluding carboxylic acids is 3. The van der Waals surface area contributed by atoms with Gasteiger partial charge in [0.05, 0.1) is 5.69 Å². The number of hydrogen-bond donors (Lipinski definition) is 0. The molecule has 0 saturated heterocycles. The Morgan fingerprint density at radius 3 is 2.20 bits per heavy atom. The molecule has 25 heavy (non-hydrogen) atoms. The minimum atomic E-state index is -1.18. The van der Waals surface area contributed by atoms with Gasteiger partial charge in [0, 0.05) is 24.4 Å². The van der Waals surface area contributed by atoms with Crippen LogP contribution in [0.5, 0.6) is 0 Å². The summed E-state index contributed by atoms with van der Waals surface area (Å²) in [5.41, 5.74) is 0.0974. The van der Waals surface area contributed by atoms with Gasteiger partial charge in [-0.2, -0.15) is 0 Å². The fraction of sp³-hybridized carbons (Fsp3) is 0.471.